The van der Waals surface area contributed by atoms with Crippen molar-refractivity contribution < 1.29 is 17.9 Å². The Hall–Kier alpha value is -1.97. The van der Waals surface area contributed by atoms with Crippen molar-refractivity contribution in [2.24, 2.45) is 0 Å². The Morgan fingerprint density at radius 1 is 0.944 bits per heavy atom. The van der Waals surface area contributed by atoms with Crippen LogP contribution in [0.3, 0.4) is 0 Å². The van der Waals surface area contributed by atoms with Crippen molar-refractivity contribution in [1.29, 1.82) is 0 Å². The monoisotopic (exact) mass is 251 g/mol. The van der Waals surface area contributed by atoms with Crippen LogP contribution in [0.4, 0.5) is 13.2 Å². The van der Waals surface area contributed by atoms with Crippen LogP contribution < -0.4 is 4.74 Å². The molecule has 0 bridgehead atoms. The van der Waals surface area contributed by atoms with Gasteiger partial charge in [-0.15, -0.1) is 13.2 Å². The number of hydrogen-bond acceptors (Lipinski definition) is 1. The number of benzene rings is 2. The lowest BCUT2D eigenvalue weighted by Gasteiger charge is -2.11. The molecule has 0 N–H and O–H groups in total. The predicted molar refractivity (Wildman–Crippen MR) is 63.0 cm³/mol. The largest absolute Gasteiger partial charge is 0.573 e. The van der Waals surface area contributed by atoms with E-state index in [2.05, 4.69) is 11.7 Å². The number of ether oxygens (including phenoxy) is 1. The first-order valence-corrected chi connectivity index (χ1v) is 5.23. The summed E-state index contributed by atoms with van der Waals surface area (Å²) < 4.78 is 40.2. The molecular formula is C14H10F3O. The Bertz CT molecular complexity index is 547. The molecule has 0 amide bonds. The molecule has 2 rings (SSSR count). The van der Waals surface area contributed by atoms with E-state index in [0.29, 0.717) is 5.56 Å². The minimum absolute atomic E-state index is 0.233. The summed E-state index contributed by atoms with van der Waals surface area (Å²) >= 11 is 0. The van der Waals surface area contributed by atoms with Crippen LogP contribution in [-0.2, 0) is 0 Å². The van der Waals surface area contributed by atoms with E-state index in [1.807, 2.05) is 6.07 Å². The van der Waals surface area contributed by atoms with Crippen LogP contribution in [0.25, 0.3) is 11.1 Å². The van der Waals surface area contributed by atoms with Gasteiger partial charge in [0.25, 0.3) is 0 Å². The fourth-order valence-corrected chi connectivity index (χ4v) is 1.66. The number of hydrogen-bond donors (Lipinski definition) is 0. The second kappa shape index (κ2) is 4.72. The molecule has 0 aliphatic heterocycles. The number of halogens is 3. The SMILES string of the molecule is [CH2]c1ccccc1-c1cccc(OC(F)(F)F)c1. The molecule has 4 heteroatoms. The molecule has 0 saturated carbocycles. The lowest BCUT2D eigenvalue weighted by atomic mass is 10.0. The predicted octanol–water partition coefficient (Wildman–Crippen LogP) is 4.43. The Kier molecular flexibility index (Phi) is 3.28. The third kappa shape index (κ3) is 3.03. The highest BCUT2D eigenvalue weighted by Gasteiger charge is 2.31. The summed E-state index contributed by atoms with van der Waals surface area (Å²) in [6, 6.07) is 13.1. The molecule has 1 nitrogen and oxygen atoms in total. The maximum Gasteiger partial charge on any atom is 0.573 e. The van der Waals surface area contributed by atoms with Gasteiger partial charge in [-0.25, -0.2) is 0 Å². The Balaban J connectivity index is 2.36. The number of alkyl halides is 3. The van der Waals surface area contributed by atoms with Gasteiger partial charge < -0.3 is 4.74 Å². The molecule has 0 heterocycles. The van der Waals surface area contributed by atoms with Crippen LogP contribution in [0, 0.1) is 6.92 Å². The second-order valence-electron chi connectivity index (χ2n) is 3.73. The molecule has 0 aromatic heterocycles. The van der Waals surface area contributed by atoms with Gasteiger partial charge in [0, 0.05) is 0 Å². The van der Waals surface area contributed by atoms with Crippen LogP contribution in [0.1, 0.15) is 5.56 Å². The van der Waals surface area contributed by atoms with Crippen molar-refractivity contribution in [3.63, 3.8) is 0 Å². The van der Waals surface area contributed by atoms with Gasteiger partial charge >= 0.3 is 6.36 Å². The molecule has 0 saturated heterocycles. The lowest BCUT2D eigenvalue weighted by Crippen LogP contribution is -2.17. The van der Waals surface area contributed by atoms with Gasteiger partial charge in [0.05, 0.1) is 0 Å². The number of rotatable bonds is 2. The fourth-order valence-electron chi connectivity index (χ4n) is 1.66. The van der Waals surface area contributed by atoms with Crippen molar-refractivity contribution >= 4 is 0 Å². The van der Waals surface area contributed by atoms with Gasteiger partial charge in [-0.2, -0.15) is 0 Å². The molecule has 0 aliphatic rings. The van der Waals surface area contributed by atoms with Crippen molar-refractivity contribution in [3.8, 4) is 16.9 Å². The Morgan fingerprint density at radius 3 is 2.33 bits per heavy atom. The van der Waals surface area contributed by atoms with Crippen molar-refractivity contribution in [3.05, 3.63) is 61.0 Å². The standard InChI is InChI=1S/C14H10F3O/c1-10-5-2-3-8-13(10)11-6-4-7-12(9-11)18-14(15,16)17/h2-9H,1H2. The molecule has 1 radical (unpaired) electrons. The average molecular weight is 251 g/mol. The average Bonchev–Trinajstić information content (AvgIpc) is 2.27. The highest BCUT2D eigenvalue weighted by atomic mass is 19.4. The molecule has 2 aromatic carbocycles. The molecule has 0 spiro atoms. The molecule has 0 unspecified atom stereocenters. The van der Waals surface area contributed by atoms with Crippen LogP contribution in [-0.4, -0.2) is 6.36 Å². The van der Waals surface area contributed by atoms with Crippen LogP contribution in [0.2, 0.25) is 0 Å². The summed E-state index contributed by atoms with van der Waals surface area (Å²) in [5.41, 5.74) is 2.18. The van der Waals surface area contributed by atoms with Gasteiger partial charge in [-0.1, -0.05) is 36.4 Å². The molecule has 0 aliphatic carbocycles. The topological polar surface area (TPSA) is 9.23 Å². The van der Waals surface area contributed by atoms with Gasteiger partial charge in [-0.05, 0) is 35.7 Å². The molecule has 2 aromatic rings. The van der Waals surface area contributed by atoms with Crippen molar-refractivity contribution in [2.45, 2.75) is 6.36 Å². The summed E-state index contributed by atoms with van der Waals surface area (Å²) in [4.78, 5) is 0. The molecule has 0 atom stereocenters. The molecular weight excluding hydrogens is 241 g/mol. The van der Waals surface area contributed by atoms with Crippen LogP contribution >= 0.6 is 0 Å². The lowest BCUT2D eigenvalue weighted by molar-refractivity contribution is -0.274. The van der Waals surface area contributed by atoms with Crippen molar-refractivity contribution in [1.82, 2.24) is 0 Å². The van der Waals surface area contributed by atoms with E-state index < -0.39 is 6.36 Å². The first-order valence-electron chi connectivity index (χ1n) is 5.23. The zero-order chi connectivity index (χ0) is 13.2. The van der Waals surface area contributed by atoms with Crippen LogP contribution in [0.15, 0.2) is 48.5 Å². The first-order chi connectivity index (χ1) is 8.46. The third-order valence-electron chi connectivity index (χ3n) is 2.40. The van der Waals surface area contributed by atoms with Crippen molar-refractivity contribution in [2.75, 3.05) is 0 Å². The third-order valence-corrected chi connectivity index (χ3v) is 2.40. The van der Waals surface area contributed by atoms with E-state index in [9.17, 15) is 13.2 Å². The van der Waals surface area contributed by atoms with Gasteiger partial charge in [0.1, 0.15) is 5.75 Å². The van der Waals surface area contributed by atoms with E-state index in [4.69, 9.17) is 0 Å². The van der Waals surface area contributed by atoms with E-state index in [1.165, 1.54) is 18.2 Å². The van der Waals surface area contributed by atoms with Gasteiger partial charge in [-0.3, -0.25) is 0 Å². The molecule has 93 valence electrons. The van der Waals surface area contributed by atoms with Crippen LogP contribution in [0.5, 0.6) is 5.75 Å². The summed E-state index contributed by atoms with van der Waals surface area (Å²) in [7, 11) is 0. The Labute approximate surface area is 103 Å². The summed E-state index contributed by atoms with van der Waals surface area (Å²) in [5, 5.41) is 0. The minimum atomic E-state index is -4.68. The van der Waals surface area contributed by atoms with E-state index in [0.717, 1.165) is 11.1 Å². The summed E-state index contributed by atoms with van der Waals surface area (Å²) in [6.45, 7) is 3.84. The second-order valence-corrected chi connectivity index (χ2v) is 3.73. The van der Waals surface area contributed by atoms with Gasteiger partial charge in [0.15, 0.2) is 0 Å². The molecule has 0 fully saturated rings. The maximum absolute atomic E-state index is 12.1. The highest BCUT2D eigenvalue weighted by molar-refractivity contribution is 5.69. The quantitative estimate of drug-likeness (QED) is 0.767. The zero-order valence-electron chi connectivity index (χ0n) is 9.37. The maximum atomic E-state index is 12.1. The Morgan fingerprint density at radius 2 is 1.67 bits per heavy atom. The summed E-state index contributed by atoms with van der Waals surface area (Å²) in [5.74, 6) is -0.233. The zero-order valence-corrected chi connectivity index (χ0v) is 9.37. The smallest absolute Gasteiger partial charge is 0.406 e. The van der Waals surface area contributed by atoms with E-state index >= 15 is 0 Å². The van der Waals surface area contributed by atoms with E-state index in [1.54, 1.807) is 24.3 Å². The van der Waals surface area contributed by atoms with E-state index in [-0.39, 0.29) is 5.75 Å². The minimum Gasteiger partial charge on any atom is -0.406 e. The molecule has 18 heavy (non-hydrogen) atoms. The highest BCUT2D eigenvalue weighted by Crippen LogP contribution is 2.29. The first kappa shape index (κ1) is 12.5. The normalized spacial score (nSPS) is 11.3. The summed E-state index contributed by atoms with van der Waals surface area (Å²) in [6.07, 6.45) is -4.68. The fraction of sp³-hybridized carbons (Fsp3) is 0.0714. The van der Waals surface area contributed by atoms with Gasteiger partial charge in [0.2, 0.25) is 0 Å².